The first-order valence-electron chi connectivity index (χ1n) is 6.57. The summed E-state index contributed by atoms with van der Waals surface area (Å²) in [5.74, 6) is 0.0851. The van der Waals surface area contributed by atoms with Gasteiger partial charge in [-0.25, -0.2) is 0 Å². The third-order valence-electron chi connectivity index (χ3n) is 2.93. The fraction of sp³-hybridized carbons (Fsp3) is 0.533. The van der Waals surface area contributed by atoms with Crippen LogP contribution >= 0.6 is 0 Å². The molecule has 0 aliphatic heterocycles. The molecule has 3 nitrogen and oxygen atoms in total. The van der Waals surface area contributed by atoms with Gasteiger partial charge in [0.2, 0.25) is 5.91 Å². The Labute approximate surface area is 109 Å². The lowest BCUT2D eigenvalue weighted by atomic mass is 10.1. The van der Waals surface area contributed by atoms with Gasteiger partial charge in [-0.2, -0.15) is 0 Å². The first-order valence-corrected chi connectivity index (χ1v) is 6.57. The van der Waals surface area contributed by atoms with Gasteiger partial charge in [0.25, 0.3) is 0 Å². The van der Waals surface area contributed by atoms with Crippen molar-refractivity contribution in [2.45, 2.75) is 45.6 Å². The van der Waals surface area contributed by atoms with Gasteiger partial charge in [0.15, 0.2) is 0 Å². The minimum Gasteiger partial charge on any atom is -0.396 e. The second kappa shape index (κ2) is 7.88. The highest BCUT2D eigenvalue weighted by molar-refractivity contribution is 5.76. The minimum absolute atomic E-state index is 0.0851. The summed E-state index contributed by atoms with van der Waals surface area (Å²) in [5, 5.41) is 11.7. The molecule has 0 aliphatic carbocycles. The van der Waals surface area contributed by atoms with Crippen molar-refractivity contribution in [1.29, 1.82) is 0 Å². The number of hydrogen-bond acceptors (Lipinski definition) is 2. The first-order chi connectivity index (χ1) is 8.61. The molecule has 0 radical (unpaired) electrons. The lowest BCUT2D eigenvalue weighted by molar-refractivity contribution is -0.121. The largest absolute Gasteiger partial charge is 0.396 e. The van der Waals surface area contributed by atoms with Crippen molar-refractivity contribution in [3.63, 3.8) is 0 Å². The second-order valence-electron chi connectivity index (χ2n) is 4.82. The predicted molar refractivity (Wildman–Crippen MR) is 73.4 cm³/mol. The SMILES string of the molecule is Cc1cccc(CCC(=O)NC(C)CCCO)c1. The number of hydrogen-bond donors (Lipinski definition) is 2. The second-order valence-corrected chi connectivity index (χ2v) is 4.82. The summed E-state index contributed by atoms with van der Waals surface area (Å²) in [4.78, 5) is 11.7. The lowest BCUT2D eigenvalue weighted by Gasteiger charge is -2.13. The fourth-order valence-electron chi connectivity index (χ4n) is 1.94. The van der Waals surface area contributed by atoms with Crippen LogP contribution in [0.2, 0.25) is 0 Å². The van der Waals surface area contributed by atoms with Gasteiger partial charge >= 0.3 is 0 Å². The summed E-state index contributed by atoms with van der Waals surface area (Å²) in [7, 11) is 0. The van der Waals surface area contributed by atoms with E-state index < -0.39 is 0 Å². The molecule has 0 aliphatic rings. The molecule has 0 heterocycles. The van der Waals surface area contributed by atoms with Gasteiger partial charge in [-0.15, -0.1) is 0 Å². The van der Waals surface area contributed by atoms with Crippen LogP contribution in [0.4, 0.5) is 0 Å². The third-order valence-corrected chi connectivity index (χ3v) is 2.93. The van der Waals surface area contributed by atoms with Crippen molar-refractivity contribution in [3.05, 3.63) is 35.4 Å². The molecule has 1 atom stereocenters. The Balaban J connectivity index is 2.28. The molecular formula is C15H23NO2. The van der Waals surface area contributed by atoms with Gasteiger partial charge in [-0.1, -0.05) is 29.8 Å². The number of aryl methyl sites for hydroxylation is 2. The third kappa shape index (κ3) is 5.82. The van der Waals surface area contributed by atoms with Gasteiger partial charge < -0.3 is 10.4 Å². The Morgan fingerprint density at radius 2 is 2.22 bits per heavy atom. The van der Waals surface area contributed by atoms with Gasteiger partial charge in [0, 0.05) is 19.1 Å². The lowest BCUT2D eigenvalue weighted by Crippen LogP contribution is -2.32. The molecule has 0 saturated carbocycles. The van der Waals surface area contributed by atoms with Crippen LogP contribution in [0, 0.1) is 6.92 Å². The zero-order chi connectivity index (χ0) is 13.4. The van der Waals surface area contributed by atoms with Crippen LogP contribution in [0.25, 0.3) is 0 Å². The number of aliphatic hydroxyl groups excluding tert-OH is 1. The average molecular weight is 249 g/mol. The molecule has 0 fully saturated rings. The van der Waals surface area contributed by atoms with Gasteiger partial charge in [0.05, 0.1) is 0 Å². The van der Waals surface area contributed by atoms with Crippen LogP contribution in [-0.2, 0) is 11.2 Å². The normalized spacial score (nSPS) is 12.2. The van der Waals surface area contributed by atoms with Gasteiger partial charge in [0.1, 0.15) is 0 Å². The van der Waals surface area contributed by atoms with Crippen molar-refractivity contribution in [2.75, 3.05) is 6.61 Å². The Bertz CT molecular complexity index is 377. The molecule has 18 heavy (non-hydrogen) atoms. The monoisotopic (exact) mass is 249 g/mol. The molecule has 2 N–H and O–H groups in total. The quantitative estimate of drug-likeness (QED) is 0.778. The van der Waals surface area contributed by atoms with Crippen LogP contribution in [0.3, 0.4) is 0 Å². The van der Waals surface area contributed by atoms with Crippen molar-refractivity contribution in [1.82, 2.24) is 5.32 Å². The number of nitrogens with one attached hydrogen (secondary N) is 1. The van der Waals surface area contributed by atoms with E-state index in [4.69, 9.17) is 5.11 Å². The molecule has 0 aromatic heterocycles. The molecule has 100 valence electrons. The number of amides is 1. The molecular weight excluding hydrogens is 226 g/mol. The average Bonchev–Trinajstić information content (AvgIpc) is 2.34. The van der Waals surface area contributed by atoms with Crippen LogP contribution in [0.5, 0.6) is 0 Å². The number of carbonyl (C=O) groups is 1. The molecule has 1 aromatic rings. The number of benzene rings is 1. The zero-order valence-electron chi connectivity index (χ0n) is 11.3. The van der Waals surface area contributed by atoms with E-state index in [2.05, 4.69) is 30.4 Å². The van der Waals surface area contributed by atoms with E-state index in [0.717, 1.165) is 19.3 Å². The van der Waals surface area contributed by atoms with E-state index in [1.807, 2.05) is 13.0 Å². The molecule has 0 saturated heterocycles. The summed E-state index contributed by atoms with van der Waals surface area (Å²) in [6.45, 7) is 4.21. The fourth-order valence-corrected chi connectivity index (χ4v) is 1.94. The highest BCUT2D eigenvalue weighted by Gasteiger charge is 2.07. The minimum atomic E-state index is 0.0851. The maximum Gasteiger partial charge on any atom is 0.220 e. The van der Waals surface area contributed by atoms with Gasteiger partial charge in [-0.05, 0) is 38.7 Å². The summed E-state index contributed by atoms with van der Waals surface area (Å²) < 4.78 is 0. The molecule has 1 unspecified atom stereocenters. The summed E-state index contributed by atoms with van der Waals surface area (Å²) in [6.07, 6.45) is 2.86. The first kappa shape index (κ1) is 14.7. The van der Waals surface area contributed by atoms with E-state index in [9.17, 15) is 4.79 Å². The molecule has 1 aromatic carbocycles. The highest BCUT2D eigenvalue weighted by Crippen LogP contribution is 2.06. The van der Waals surface area contributed by atoms with E-state index in [0.29, 0.717) is 6.42 Å². The summed E-state index contributed by atoms with van der Waals surface area (Å²) >= 11 is 0. The van der Waals surface area contributed by atoms with Gasteiger partial charge in [-0.3, -0.25) is 4.79 Å². The molecule has 3 heteroatoms. The Morgan fingerprint density at radius 1 is 1.44 bits per heavy atom. The van der Waals surface area contributed by atoms with Crippen molar-refractivity contribution in [3.8, 4) is 0 Å². The maximum absolute atomic E-state index is 11.7. The highest BCUT2D eigenvalue weighted by atomic mass is 16.2. The smallest absolute Gasteiger partial charge is 0.220 e. The van der Waals surface area contributed by atoms with E-state index >= 15 is 0 Å². The van der Waals surface area contributed by atoms with Crippen molar-refractivity contribution < 1.29 is 9.90 Å². The number of aliphatic hydroxyl groups is 1. The van der Waals surface area contributed by atoms with E-state index in [1.165, 1.54) is 11.1 Å². The van der Waals surface area contributed by atoms with Crippen LogP contribution < -0.4 is 5.32 Å². The van der Waals surface area contributed by atoms with Crippen LogP contribution in [0.1, 0.15) is 37.3 Å². The number of carbonyl (C=O) groups excluding carboxylic acids is 1. The Kier molecular flexibility index (Phi) is 6.44. The Morgan fingerprint density at radius 3 is 2.89 bits per heavy atom. The Hall–Kier alpha value is -1.35. The number of rotatable bonds is 7. The maximum atomic E-state index is 11.7. The van der Waals surface area contributed by atoms with Crippen LogP contribution in [0.15, 0.2) is 24.3 Å². The molecule has 1 rings (SSSR count). The molecule has 0 spiro atoms. The van der Waals surface area contributed by atoms with E-state index in [1.54, 1.807) is 0 Å². The summed E-state index contributed by atoms with van der Waals surface area (Å²) in [6, 6.07) is 8.38. The predicted octanol–water partition coefficient (Wildman–Crippen LogP) is 2.20. The van der Waals surface area contributed by atoms with Crippen molar-refractivity contribution >= 4 is 5.91 Å². The summed E-state index contributed by atoms with van der Waals surface area (Å²) in [5.41, 5.74) is 2.43. The molecule has 0 bridgehead atoms. The van der Waals surface area contributed by atoms with E-state index in [-0.39, 0.29) is 18.6 Å². The topological polar surface area (TPSA) is 49.3 Å². The van der Waals surface area contributed by atoms with Crippen LogP contribution in [-0.4, -0.2) is 23.7 Å². The van der Waals surface area contributed by atoms with Crippen molar-refractivity contribution in [2.24, 2.45) is 0 Å². The standard InChI is InChI=1S/C15H23NO2/c1-12-5-3-7-14(11-12)8-9-15(18)16-13(2)6-4-10-17/h3,5,7,11,13,17H,4,6,8-10H2,1-2H3,(H,16,18). The zero-order valence-corrected chi connectivity index (χ0v) is 11.3. The molecule has 1 amide bonds.